The molecule has 3 N–H and O–H groups in total. The van der Waals surface area contributed by atoms with Crippen LogP contribution in [0.2, 0.25) is 0 Å². The first-order valence-corrected chi connectivity index (χ1v) is 9.30. The molecule has 8 heteroatoms. The molecule has 1 atom stereocenters. The number of nitrogens with one attached hydrogen (secondary N) is 1. The van der Waals surface area contributed by atoms with Crippen LogP contribution in [-0.2, 0) is 4.79 Å². The fraction of sp³-hybridized carbons (Fsp3) is 0.278. The van der Waals surface area contributed by atoms with Gasteiger partial charge in [0.25, 0.3) is 0 Å². The molecule has 3 aromatic rings. The molecule has 2 heterocycles. The molecule has 0 saturated carbocycles. The van der Waals surface area contributed by atoms with Crippen molar-refractivity contribution in [3.8, 4) is 11.6 Å². The number of aryl methyl sites for hydroxylation is 1. The van der Waals surface area contributed by atoms with Gasteiger partial charge in [0.15, 0.2) is 5.76 Å². The Morgan fingerprint density at radius 1 is 1.31 bits per heavy atom. The van der Waals surface area contributed by atoms with Crippen molar-refractivity contribution in [3.63, 3.8) is 0 Å². The molecular formula is C18H21N5O2S. The summed E-state index contributed by atoms with van der Waals surface area (Å²) in [6, 6.07) is 11.7. The van der Waals surface area contributed by atoms with Crippen LogP contribution in [0, 0.1) is 6.92 Å². The fourth-order valence-electron chi connectivity index (χ4n) is 2.54. The molecule has 0 aliphatic heterocycles. The first kappa shape index (κ1) is 18.1. The Morgan fingerprint density at radius 2 is 2.08 bits per heavy atom. The average Bonchev–Trinajstić information content (AvgIpc) is 3.28. The smallest absolute Gasteiger partial charge is 0.230 e. The zero-order valence-electron chi connectivity index (χ0n) is 14.7. The molecule has 0 radical (unpaired) electrons. The van der Waals surface area contributed by atoms with E-state index in [1.54, 1.807) is 18.4 Å². The van der Waals surface area contributed by atoms with Gasteiger partial charge in [-0.2, -0.15) is 0 Å². The molecule has 0 fully saturated rings. The van der Waals surface area contributed by atoms with Crippen LogP contribution >= 0.6 is 11.8 Å². The molecule has 0 saturated heterocycles. The lowest BCUT2D eigenvalue weighted by molar-refractivity contribution is -0.119. The van der Waals surface area contributed by atoms with Crippen molar-refractivity contribution in [2.45, 2.75) is 31.5 Å². The summed E-state index contributed by atoms with van der Waals surface area (Å²) in [4.78, 5) is 12.3. The van der Waals surface area contributed by atoms with Crippen LogP contribution in [-0.4, -0.2) is 26.5 Å². The van der Waals surface area contributed by atoms with Gasteiger partial charge >= 0.3 is 0 Å². The van der Waals surface area contributed by atoms with E-state index in [1.807, 2.05) is 38.1 Å². The van der Waals surface area contributed by atoms with E-state index in [-0.39, 0.29) is 17.7 Å². The van der Waals surface area contributed by atoms with Crippen LogP contribution in [0.3, 0.4) is 0 Å². The monoisotopic (exact) mass is 371 g/mol. The first-order chi connectivity index (χ1) is 12.6. The molecule has 0 aliphatic rings. The normalized spacial score (nSPS) is 12.1. The second-order valence-electron chi connectivity index (χ2n) is 5.88. The highest BCUT2D eigenvalue weighted by Crippen LogP contribution is 2.22. The molecule has 1 aromatic carbocycles. The highest BCUT2D eigenvalue weighted by molar-refractivity contribution is 7.99. The Morgan fingerprint density at radius 3 is 2.73 bits per heavy atom. The molecule has 0 aliphatic carbocycles. The molecule has 1 amide bonds. The lowest BCUT2D eigenvalue weighted by atomic mass is 10.0. The summed E-state index contributed by atoms with van der Waals surface area (Å²) >= 11 is 1.23. The number of carbonyl (C=O) groups is 1. The minimum Gasteiger partial charge on any atom is -0.461 e. The van der Waals surface area contributed by atoms with E-state index >= 15 is 0 Å². The van der Waals surface area contributed by atoms with Gasteiger partial charge in [-0.1, -0.05) is 48.5 Å². The summed E-state index contributed by atoms with van der Waals surface area (Å²) in [5, 5.41) is 11.5. The van der Waals surface area contributed by atoms with Crippen molar-refractivity contribution < 1.29 is 9.21 Å². The van der Waals surface area contributed by atoms with Gasteiger partial charge in [0.1, 0.15) is 0 Å². The maximum absolute atomic E-state index is 12.3. The molecular weight excluding hydrogens is 350 g/mol. The number of amides is 1. The van der Waals surface area contributed by atoms with E-state index in [2.05, 4.69) is 15.5 Å². The second kappa shape index (κ2) is 8.09. The van der Waals surface area contributed by atoms with E-state index in [0.717, 1.165) is 12.0 Å². The predicted octanol–water partition coefficient (Wildman–Crippen LogP) is 2.92. The molecule has 26 heavy (non-hydrogen) atoms. The Hall–Kier alpha value is -2.74. The number of hydrogen-bond acceptors (Lipinski definition) is 6. The predicted molar refractivity (Wildman–Crippen MR) is 101 cm³/mol. The number of hydrogen-bond donors (Lipinski definition) is 2. The van der Waals surface area contributed by atoms with Crippen molar-refractivity contribution in [2.24, 2.45) is 0 Å². The van der Waals surface area contributed by atoms with Gasteiger partial charge in [-0.15, -0.1) is 10.2 Å². The average molecular weight is 371 g/mol. The number of thioether (sulfide) groups is 1. The second-order valence-corrected chi connectivity index (χ2v) is 6.82. The molecule has 2 aromatic heterocycles. The largest absolute Gasteiger partial charge is 0.461 e. The van der Waals surface area contributed by atoms with Gasteiger partial charge in [-0.05, 0) is 31.0 Å². The summed E-state index contributed by atoms with van der Waals surface area (Å²) in [5.41, 5.74) is 2.29. The zero-order valence-corrected chi connectivity index (χ0v) is 15.5. The van der Waals surface area contributed by atoms with E-state index in [4.69, 9.17) is 10.3 Å². The fourth-order valence-corrected chi connectivity index (χ4v) is 3.20. The highest BCUT2D eigenvalue weighted by atomic mass is 32.2. The van der Waals surface area contributed by atoms with Crippen LogP contribution in [0.4, 0.5) is 0 Å². The number of nitrogens with zero attached hydrogens (tertiary/aromatic N) is 3. The quantitative estimate of drug-likeness (QED) is 0.489. The van der Waals surface area contributed by atoms with Gasteiger partial charge in [0, 0.05) is 0 Å². The van der Waals surface area contributed by atoms with Crippen LogP contribution in [0.1, 0.15) is 30.5 Å². The molecule has 0 bridgehead atoms. The van der Waals surface area contributed by atoms with Gasteiger partial charge in [-0.25, -0.2) is 4.68 Å². The van der Waals surface area contributed by atoms with Crippen molar-refractivity contribution in [1.82, 2.24) is 20.2 Å². The topological polar surface area (TPSA) is 99.0 Å². The maximum Gasteiger partial charge on any atom is 0.230 e. The van der Waals surface area contributed by atoms with Crippen molar-refractivity contribution in [1.29, 1.82) is 0 Å². The maximum atomic E-state index is 12.3. The Kier molecular flexibility index (Phi) is 5.62. The van der Waals surface area contributed by atoms with Crippen LogP contribution in [0.25, 0.3) is 11.6 Å². The summed E-state index contributed by atoms with van der Waals surface area (Å²) < 4.78 is 6.60. The number of rotatable bonds is 7. The Bertz CT molecular complexity index is 858. The number of furan rings is 1. The molecule has 3 rings (SSSR count). The first-order valence-electron chi connectivity index (χ1n) is 8.31. The summed E-state index contributed by atoms with van der Waals surface area (Å²) in [6.45, 7) is 4.09. The lowest BCUT2D eigenvalue weighted by Crippen LogP contribution is -2.29. The van der Waals surface area contributed by atoms with E-state index in [9.17, 15) is 4.79 Å². The third-order valence-electron chi connectivity index (χ3n) is 3.96. The van der Waals surface area contributed by atoms with Crippen molar-refractivity contribution >= 4 is 17.7 Å². The van der Waals surface area contributed by atoms with Crippen molar-refractivity contribution in [3.05, 3.63) is 53.8 Å². The number of aromatic nitrogens is 3. The van der Waals surface area contributed by atoms with Crippen LogP contribution in [0.15, 0.2) is 52.2 Å². The number of nitrogens with two attached hydrogens (primary N) is 1. The molecule has 136 valence electrons. The van der Waals surface area contributed by atoms with Crippen LogP contribution in [0.5, 0.6) is 0 Å². The summed E-state index contributed by atoms with van der Waals surface area (Å²) in [7, 11) is 0. The zero-order chi connectivity index (χ0) is 18.5. The number of nitrogen functional groups attached to an aromatic ring is 1. The van der Waals surface area contributed by atoms with E-state index in [1.165, 1.54) is 22.0 Å². The van der Waals surface area contributed by atoms with Gasteiger partial charge in [0.05, 0.1) is 18.1 Å². The third kappa shape index (κ3) is 4.08. The van der Waals surface area contributed by atoms with Crippen LogP contribution < -0.4 is 11.2 Å². The standard InChI is InChI=1S/C18H21N5O2S/c1-3-14(13-8-6-12(2)7-9-13)20-16(24)11-26-18-22-21-17(23(18)19)15-5-4-10-25-15/h4-10,14H,3,11,19H2,1-2H3,(H,20,24)/t14-/m1/s1. The molecule has 0 spiro atoms. The molecule has 7 nitrogen and oxygen atoms in total. The minimum absolute atomic E-state index is 0.0156. The lowest BCUT2D eigenvalue weighted by Gasteiger charge is -2.17. The highest BCUT2D eigenvalue weighted by Gasteiger charge is 2.17. The van der Waals surface area contributed by atoms with Gasteiger partial charge in [-0.3, -0.25) is 4.79 Å². The van der Waals surface area contributed by atoms with Crippen molar-refractivity contribution in [2.75, 3.05) is 11.6 Å². The Balaban J connectivity index is 1.59. The summed E-state index contributed by atoms with van der Waals surface area (Å²) in [5.74, 6) is 7.07. The van der Waals surface area contributed by atoms with Gasteiger partial charge in [0.2, 0.25) is 16.9 Å². The summed E-state index contributed by atoms with van der Waals surface area (Å²) in [6.07, 6.45) is 2.36. The van der Waals surface area contributed by atoms with E-state index in [0.29, 0.717) is 16.7 Å². The molecule has 0 unspecified atom stereocenters. The number of carbonyl (C=O) groups excluding carboxylic acids is 1. The minimum atomic E-state index is -0.0787. The van der Waals surface area contributed by atoms with Gasteiger partial charge < -0.3 is 15.6 Å². The third-order valence-corrected chi connectivity index (χ3v) is 4.90. The SMILES string of the molecule is CC[C@@H](NC(=O)CSc1nnc(-c2ccco2)n1N)c1ccc(C)cc1. The Labute approximate surface area is 156 Å². The van der Waals surface area contributed by atoms with E-state index < -0.39 is 0 Å². The number of benzene rings is 1.